The number of carbonyl (C=O) groups is 1. The summed E-state index contributed by atoms with van der Waals surface area (Å²) in [6.45, 7) is 1.06. The topological polar surface area (TPSA) is 139 Å². The SMILES string of the molecule is Clc1ccc(COC(Cn2ccnc2)c2ccc(Cl)cc2Cl)cc1.O=C(O)c1cc(S(=O)(=O)O)ccc1O. The summed E-state index contributed by atoms with van der Waals surface area (Å²) in [5, 5.41) is 19.4. The van der Waals surface area contributed by atoms with Crippen LogP contribution in [0.1, 0.15) is 27.6 Å². The van der Waals surface area contributed by atoms with Crippen molar-refractivity contribution in [1.29, 1.82) is 0 Å². The Morgan fingerprint density at radius 3 is 2.26 bits per heavy atom. The number of ether oxygens (including phenoxy) is 1. The van der Waals surface area contributed by atoms with Gasteiger partial charge in [-0.25, -0.2) is 9.78 Å². The Balaban J connectivity index is 0.000000244. The van der Waals surface area contributed by atoms with E-state index >= 15 is 0 Å². The lowest BCUT2D eigenvalue weighted by Crippen LogP contribution is -2.12. The van der Waals surface area contributed by atoms with Gasteiger partial charge in [0.15, 0.2) is 0 Å². The number of aromatic carboxylic acids is 1. The molecule has 0 amide bonds. The van der Waals surface area contributed by atoms with Gasteiger partial charge in [0.1, 0.15) is 17.4 Å². The molecule has 0 fully saturated rings. The summed E-state index contributed by atoms with van der Waals surface area (Å²) in [7, 11) is -4.45. The minimum absolute atomic E-state index is 0.223. The predicted octanol–water partition coefficient (Wildman–Crippen LogP) is 6.14. The van der Waals surface area contributed by atoms with E-state index in [9.17, 15) is 13.2 Å². The van der Waals surface area contributed by atoms with Crippen LogP contribution in [0.5, 0.6) is 5.75 Å². The van der Waals surface area contributed by atoms with Gasteiger partial charge in [0, 0.05) is 33.0 Å². The number of benzene rings is 3. The maximum Gasteiger partial charge on any atom is 0.339 e. The lowest BCUT2D eigenvalue weighted by atomic mass is 10.1. The van der Waals surface area contributed by atoms with Crippen molar-refractivity contribution >= 4 is 50.9 Å². The van der Waals surface area contributed by atoms with Crippen LogP contribution < -0.4 is 0 Å². The zero-order chi connectivity index (χ0) is 27.9. The molecule has 38 heavy (non-hydrogen) atoms. The number of aromatic hydroxyl groups is 1. The van der Waals surface area contributed by atoms with Crippen molar-refractivity contribution in [3.8, 4) is 5.75 Å². The summed E-state index contributed by atoms with van der Waals surface area (Å²) >= 11 is 18.3. The molecule has 9 nitrogen and oxygen atoms in total. The molecule has 0 aliphatic carbocycles. The molecule has 3 aromatic carbocycles. The molecule has 1 unspecified atom stereocenters. The van der Waals surface area contributed by atoms with Crippen molar-refractivity contribution in [3.63, 3.8) is 0 Å². The maximum absolute atomic E-state index is 10.6. The Kier molecular flexibility index (Phi) is 10.1. The van der Waals surface area contributed by atoms with Gasteiger partial charge < -0.3 is 19.5 Å². The first-order chi connectivity index (χ1) is 17.9. The Morgan fingerprint density at radius 2 is 1.68 bits per heavy atom. The van der Waals surface area contributed by atoms with Gasteiger partial charge in [-0.2, -0.15) is 8.42 Å². The second-order valence-electron chi connectivity index (χ2n) is 7.81. The summed E-state index contributed by atoms with van der Waals surface area (Å²) in [5.41, 5.74) is 1.35. The van der Waals surface area contributed by atoms with Crippen molar-refractivity contribution in [2.24, 2.45) is 0 Å². The standard InChI is InChI=1S/C18H15Cl3N2O.C7H6O6S/c19-14-3-1-13(2-4-14)11-24-18(10-23-8-7-22-12-23)16-6-5-15(20)9-17(16)21;8-6-2-1-4(14(11,12)13)3-5(6)7(9)10/h1-9,12,18H,10-11H2;1-3,8H,(H,9,10)(H,11,12,13). The maximum atomic E-state index is 10.6. The van der Waals surface area contributed by atoms with Gasteiger partial charge in [0.25, 0.3) is 10.1 Å². The largest absolute Gasteiger partial charge is 0.507 e. The lowest BCUT2D eigenvalue weighted by molar-refractivity contribution is 0.0280. The predicted molar refractivity (Wildman–Crippen MR) is 143 cm³/mol. The van der Waals surface area contributed by atoms with Gasteiger partial charge >= 0.3 is 5.97 Å². The Hall–Kier alpha value is -3.12. The van der Waals surface area contributed by atoms with E-state index in [4.69, 9.17) is 54.3 Å². The molecular weight excluding hydrogens is 579 g/mol. The van der Waals surface area contributed by atoms with Gasteiger partial charge in [-0.05, 0) is 48.0 Å². The van der Waals surface area contributed by atoms with Crippen molar-refractivity contribution < 1.29 is 32.7 Å². The van der Waals surface area contributed by atoms with E-state index in [0.29, 0.717) is 34.3 Å². The van der Waals surface area contributed by atoms with Crippen LogP contribution in [0.2, 0.25) is 15.1 Å². The zero-order valence-corrected chi connectivity index (χ0v) is 22.5. The third-order valence-corrected chi connectivity index (χ3v) is 6.77. The number of nitrogens with zero attached hydrogens (tertiary/aromatic N) is 2. The number of carboxylic acid groups (broad SMARTS) is 1. The average Bonchev–Trinajstić information content (AvgIpc) is 3.36. The van der Waals surface area contributed by atoms with Crippen molar-refractivity contribution in [3.05, 3.63) is 111 Å². The van der Waals surface area contributed by atoms with Crippen LogP contribution >= 0.6 is 34.8 Å². The molecule has 1 atom stereocenters. The molecule has 0 saturated carbocycles. The smallest absolute Gasteiger partial charge is 0.339 e. The average molecular weight is 600 g/mol. The summed E-state index contributed by atoms with van der Waals surface area (Å²) in [5.74, 6) is -2.04. The van der Waals surface area contributed by atoms with E-state index in [1.807, 2.05) is 47.2 Å². The third kappa shape index (κ3) is 8.45. The van der Waals surface area contributed by atoms with Gasteiger partial charge in [0.2, 0.25) is 0 Å². The van der Waals surface area contributed by atoms with Crippen molar-refractivity contribution in [2.45, 2.75) is 24.2 Å². The molecule has 0 aliphatic heterocycles. The second kappa shape index (κ2) is 13.1. The van der Waals surface area contributed by atoms with E-state index in [1.54, 1.807) is 18.6 Å². The molecule has 200 valence electrons. The number of phenols is 1. The second-order valence-corrected chi connectivity index (χ2v) is 10.5. The number of aromatic nitrogens is 2. The normalized spacial score (nSPS) is 11.9. The number of hydrogen-bond acceptors (Lipinski definition) is 6. The van der Waals surface area contributed by atoms with Crippen LogP contribution in [0.3, 0.4) is 0 Å². The summed E-state index contributed by atoms with van der Waals surface area (Å²) in [6, 6.07) is 15.5. The minimum Gasteiger partial charge on any atom is -0.507 e. The highest BCUT2D eigenvalue weighted by Gasteiger charge is 2.18. The van der Waals surface area contributed by atoms with Crippen LogP contribution in [0.4, 0.5) is 0 Å². The van der Waals surface area contributed by atoms with Crippen LogP contribution in [-0.2, 0) is 28.0 Å². The fourth-order valence-electron chi connectivity index (χ4n) is 3.21. The molecule has 0 aliphatic rings. The minimum atomic E-state index is -4.45. The molecule has 4 aromatic rings. The van der Waals surface area contributed by atoms with Crippen LogP contribution in [0.15, 0.2) is 84.3 Å². The summed E-state index contributed by atoms with van der Waals surface area (Å²) < 4.78 is 37.9. The number of halogens is 3. The van der Waals surface area contributed by atoms with E-state index in [1.165, 1.54) is 0 Å². The van der Waals surface area contributed by atoms with E-state index in [2.05, 4.69) is 4.98 Å². The van der Waals surface area contributed by atoms with Crippen molar-refractivity contribution in [1.82, 2.24) is 9.55 Å². The molecule has 13 heteroatoms. The molecule has 0 spiro atoms. The Morgan fingerprint density at radius 1 is 1.00 bits per heavy atom. The fraction of sp³-hybridized carbons (Fsp3) is 0.120. The molecule has 4 rings (SSSR count). The van der Waals surface area contributed by atoms with Gasteiger partial charge in [-0.3, -0.25) is 4.55 Å². The Labute approximate surface area is 233 Å². The summed E-state index contributed by atoms with van der Waals surface area (Å²) in [4.78, 5) is 14.0. The molecule has 0 radical (unpaired) electrons. The zero-order valence-electron chi connectivity index (χ0n) is 19.4. The monoisotopic (exact) mass is 598 g/mol. The molecular formula is C25H21Cl3N2O7S. The number of rotatable bonds is 8. The fourth-order valence-corrected chi connectivity index (χ4v) is 4.38. The lowest BCUT2D eigenvalue weighted by Gasteiger charge is -2.20. The van der Waals surface area contributed by atoms with E-state index in [0.717, 1.165) is 23.3 Å². The highest BCUT2D eigenvalue weighted by molar-refractivity contribution is 7.85. The molecule has 0 saturated heterocycles. The first-order valence-corrected chi connectivity index (χ1v) is 13.3. The van der Waals surface area contributed by atoms with Gasteiger partial charge in [0.05, 0.1) is 24.4 Å². The van der Waals surface area contributed by atoms with Crippen molar-refractivity contribution in [2.75, 3.05) is 0 Å². The quantitative estimate of drug-likeness (QED) is 0.205. The first-order valence-electron chi connectivity index (χ1n) is 10.7. The van der Waals surface area contributed by atoms with E-state index in [-0.39, 0.29) is 6.10 Å². The number of imidazole rings is 1. The Bertz CT molecular complexity index is 1500. The summed E-state index contributed by atoms with van der Waals surface area (Å²) in [6.07, 6.45) is 5.16. The molecule has 1 heterocycles. The first kappa shape index (κ1) is 29.4. The third-order valence-electron chi connectivity index (χ3n) is 5.11. The van der Waals surface area contributed by atoms with Crippen LogP contribution in [0.25, 0.3) is 0 Å². The molecule has 1 aromatic heterocycles. The molecule has 0 bridgehead atoms. The molecule has 3 N–H and O–H groups in total. The highest BCUT2D eigenvalue weighted by Crippen LogP contribution is 2.30. The number of carboxylic acids is 1. The van der Waals surface area contributed by atoms with Gasteiger partial charge in [-0.1, -0.05) is 53.0 Å². The van der Waals surface area contributed by atoms with E-state index < -0.39 is 32.3 Å². The van der Waals surface area contributed by atoms with Gasteiger partial charge in [-0.15, -0.1) is 0 Å². The highest BCUT2D eigenvalue weighted by atomic mass is 35.5. The number of hydrogen-bond donors (Lipinski definition) is 3. The van der Waals surface area contributed by atoms with Crippen LogP contribution in [0, 0.1) is 0 Å². The van der Waals surface area contributed by atoms with Crippen LogP contribution in [-0.4, -0.2) is 38.7 Å².